The van der Waals surface area contributed by atoms with E-state index in [2.05, 4.69) is 4.98 Å². The molecule has 0 aliphatic heterocycles. The SMILES string of the molecule is [NH-]Cc1cccc(=O)[nH]1. The first-order chi connectivity index (χ1) is 4.33. The van der Waals surface area contributed by atoms with Gasteiger partial charge in [0.25, 0.3) is 0 Å². The molecule has 0 aromatic carbocycles. The third-order valence-corrected chi connectivity index (χ3v) is 1.02. The molecule has 1 aromatic heterocycles. The predicted molar refractivity (Wildman–Crippen MR) is 35.1 cm³/mol. The summed E-state index contributed by atoms with van der Waals surface area (Å²) >= 11 is 0. The Hall–Kier alpha value is -1.09. The lowest BCUT2D eigenvalue weighted by Gasteiger charge is -1.98. The van der Waals surface area contributed by atoms with Gasteiger partial charge in [0.2, 0.25) is 5.56 Å². The quantitative estimate of drug-likeness (QED) is 0.593. The molecule has 48 valence electrons. The van der Waals surface area contributed by atoms with Crippen LogP contribution in [0.1, 0.15) is 5.69 Å². The fourth-order valence-electron chi connectivity index (χ4n) is 0.596. The van der Waals surface area contributed by atoms with E-state index < -0.39 is 0 Å². The van der Waals surface area contributed by atoms with Crippen LogP contribution in [0.2, 0.25) is 0 Å². The number of aromatic amines is 1. The lowest BCUT2D eigenvalue weighted by molar-refractivity contribution is 1.08. The van der Waals surface area contributed by atoms with E-state index in [-0.39, 0.29) is 12.1 Å². The van der Waals surface area contributed by atoms with E-state index in [0.29, 0.717) is 5.69 Å². The molecule has 0 unspecified atom stereocenters. The van der Waals surface area contributed by atoms with Crippen molar-refractivity contribution in [1.82, 2.24) is 4.98 Å². The molecule has 0 aliphatic rings. The molecular formula is C6H7N2O-. The first-order valence-electron chi connectivity index (χ1n) is 2.66. The van der Waals surface area contributed by atoms with Gasteiger partial charge in [0.05, 0.1) is 0 Å². The molecule has 9 heavy (non-hydrogen) atoms. The Morgan fingerprint density at radius 2 is 2.33 bits per heavy atom. The molecule has 0 radical (unpaired) electrons. The van der Waals surface area contributed by atoms with Gasteiger partial charge in [0, 0.05) is 6.07 Å². The summed E-state index contributed by atoms with van der Waals surface area (Å²) in [6, 6.07) is 4.79. The summed E-state index contributed by atoms with van der Waals surface area (Å²) in [7, 11) is 0. The Labute approximate surface area is 52.5 Å². The van der Waals surface area contributed by atoms with Crippen molar-refractivity contribution in [2.45, 2.75) is 6.54 Å². The third-order valence-electron chi connectivity index (χ3n) is 1.02. The second-order valence-electron chi connectivity index (χ2n) is 1.72. The topological polar surface area (TPSA) is 56.7 Å². The number of hydrogen-bond acceptors (Lipinski definition) is 1. The zero-order valence-corrected chi connectivity index (χ0v) is 4.85. The Bertz CT molecular complexity index is 241. The monoisotopic (exact) mass is 123 g/mol. The van der Waals surface area contributed by atoms with Crippen LogP contribution >= 0.6 is 0 Å². The molecule has 1 rings (SSSR count). The highest BCUT2D eigenvalue weighted by Crippen LogP contribution is 1.89. The molecule has 0 spiro atoms. The molecule has 0 amide bonds. The van der Waals surface area contributed by atoms with Crippen molar-refractivity contribution in [1.29, 1.82) is 0 Å². The lowest BCUT2D eigenvalue weighted by atomic mass is 10.4. The van der Waals surface area contributed by atoms with Crippen LogP contribution in [0.25, 0.3) is 5.73 Å². The highest BCUT2D eigenvalue weighted by atomic mass is 16.1. The van der Waals surface area contributed by atoms with Crippen LogP contribution in [0.5, 0.6) is 0 Å². The number of H-pyrrole nitrogens is 1. The summed E-state index contributed by atoms with van der Waals surface area (Å²) in [6.45, 7) is 0.135. The number of nitrogens with one attached hydrogen (secondary N) is 2. The number of pyridine rings is 1. The van der Waals surface area contributed by atoms with Gasteiger partial charge in [-0.15, -0.1) is 6.54 Å². The summed E-state index contributed by atoms with van der Waals surface area (Å²) in [6.07, 6.45) is 0. The summed E-state index contributed by atoms with van der Waals surface area (Å²) in [5.41, 5.74) is 7.39. The largest absolute Gasteiger partial charge is 0.672 e. The van der Waals surface area contributed by atoms with Crippen molar-refractivity contribution in [2.24, 2.45) is 0 Å². The van der Waals surface area contributed by atoms with Gasteiger partial charge in [-0.3, -0.25) is 4.79 Å². The average molecular weight is 123 g/mol. The fourth-order valence-corrected chi connectivity index (χ4v) is 0.596. The van der Waals surface area contributed by atoms with Crippen molar-refractivity contribution in [2.75, 3.05) is 0 Å². The first-order valence-corrected chi connectivity index (χ1v) is 2.66. The molecule has 1 heterocycles. The van der Waals surface area contributed by atoms with Crippen LogP contribution in [0.4, 0.5) is 0 Å². The normalized spacial score (nSPS) is 9.44. The van der Waals surface area contributed by atoms with Gasteiger partial charge in [-0.05, 0) is 11.8 Å². The van der Waals surface area contributed by atoms with Crippen LogP contribution in [0.15, 0.2) is 23.0 Å². The van der Waals surface area contributed by atoms with Crippen LogP contribution in [0.3, 0.4) is 0 Å². The van der Waals surface area contributed by atoms with Gasteiger partial charge in [0.15, 0.2) is 0 Å². The standard InChI is InChI=1S/C6H7N2O/c7-4-5-2-1-3-6(9)8-5/h1-3,7H,4H2,(H,8,9)/q-1. The Morgan fingerprint density at radius 3 is 2.78 bits per heavy atom. The summed E-state index contributed by atoms with van der Waals surface area (Å²) in [4.78, 5) is 13.0. The highest BCUT2D eigenvalue weighted by molar-refractivity contribution is 5.04. The molecule has 0 fully saturated rings. The van der Waals surface area contributed by atoms with Crippen molar-refractivity contribution in [3.63, 3.8) is 0 Å². The minimum Gasteiger partial charge on any atom is -0.672 e. The van der Waals surface area contributed by atoms with E-state index in [1.54, 1.807) is 12.1 Å². The molecular weight excluding hydrogens is 116 g/mol. The van der Waals surface area contributed by atoms with Crippen LogP contribution in [-0.4, -0.2) is 4.98 Å². The molecule has 3 heteroatoms. The van der Waals surface area contributed by atoms with E-state index in [0.717, 1.165) is 0 Å². The number of hydrogen-bond donors (Lipinski definition) is 1. The summed E-state index contributed by atoms with van der Waals surface area (Å²) in [5, 5.41) is 0. The maximum absolute atomic E-state index is 10.5. The van der Waals surface area contributed by atoms with Crippen LogP contribution in [-0.2, 0) is 6.54 Å². The number of rotatable bonds is 1. The molecule has 0 aliphatic carbocycles. The second kappa shape index (κ2) is 2.46. The van der Waals surface area contributed by atoms with Gasteiger partial charge >= 0.3 is 0 Å². The van der Waals surface area contributed by atoms with E-state index in [9.17, 15) is 4.79 Å². The molecule has 3 nitrogen and oxygen atoms in total. The van der Waals surface area contributed by atoms with Crippen molar-refractivity contribution < 1.29 is 0 Å². The maximum atomic E-state index is 10.5. The minimum absolute atomic E-state index is 0.135. The Morgan fingerprint density at radius 1 is 1.56 bits per heavy atom. The van der Waals surface area contributed by atoms with Crippen LogP contribution < -0.4 is 5.56 Å². The summed E-state index contributed by atoms with van der Waals surface area (Å²) in [5.74, 6) is 0. The second-order valence-corrected chi connectivity index (χ2v) is 1.72. The Kier molecular flexibility index (Phi) is 1.65. The number of aromatic nitrogens is 1. The lowest BCUT2D eigenvalue weighted by Crippen LogP contribution is -2.04. The van der Waals surface area contributed by atoms with Crippen LogP contribution in [0, 0.1) is 0 Å². The van der Waals surface area contributed by atoms with Crippen molar-refractivity contribution >= 4 is 0 Å². The smallest absolute Gasteiger partial charge is 0.248 e. The fraction of sp³-hybridized carbons (Fsp3) is 0.167. The predicted octanol–water partition coefficient (Wildman–Crippen LogP) is 0.927. The molecule has 0 atom stereocenters. The van der Waals surface area contributed by atoms with E-state index >= 15 is 0 Å². The van der Waals surface area contributed by atoms with Crippen molar-refractivity contribution in [3.05, 3.63) is 40.0 Å². The molecule has 0 bridgehead atoms. The van der Waals surface area contributed by atoms with E-state index in [1.807, 2.05) is 0 Å². The van der Waals surface area contributed by atoms with Gasteiger partial charge in [-0.25, -0.2) is 0 Å². The highest BCUT2D eigenvalue weighted by Gasteiger charge is 1.81. The van der Waals surface area contributed by atoms with E-state index in [1.165, 1.54) is 6.07 Å². The average Bonchev–Trinajstić information content (AvgIpc) is 1.88. The molecule has 1 aromatic rings. The third kappa shape index (κ3) is 1.40. The van der Waals surface area contributed by atoms with Gasteiger partial charge in [-0.1, -0.05) is 6.07 Å². The van der Waals surface area contributed by atoms with E-state index in [4.69, 9.17) is 5.73 Å². The van der Waals surface area contributed by atoms with Gasteiger partial charge < -0.3 is 10.7 Å². The van der Waals surface area contributed by atoms with Gasteiger partial charge in [0.1, 0.15) is 0 Å². The van der Waals surface area contributed by atoms with Gasteiger partial charge in [-0.2, -0.15) is 0 Å². The zero-order valence-electron chi connectivity index (χ0n) is 4.85. The maximum Gasteiger partial charge on any atom is 0.248 e. The summed E-state index contributed by atoms with van der Waals surface area (Å²) < 4.78 is 0. The minimum atomic E-state index is -0.139. The van der Waals surface area contributed by atoms with Crippen molar-refractivity contribution in [3.8, 4) is 0 Å². The zero-order chi connectivity index (χ0) is 6.69. The molecule has 0 saturated carbocycles. The molecule has 0 saturated heterocycles. The molecule has 2 N–H and O–H groups in total. The Balaban J connectivity index is 3.08. The first kappa shape index (κ1) is 6.04.